The van der Waals surface area contributed by atoms with E-state index in [9.17, 15) is 9.59 Å². The van der Waals surface area contributed by atoms with E-state index in [1.165, 1.54) is 22.2 Å². The summed E-state index contributed by atoms with van der Waals surface area (Å²) in [5, 5.41) is 1.01. The zero-order valence-corrected chi connectivity index (χ0v) is 18.0. The van der Waals surface area contributed by atoms with Crippen LogP contribution in [0.25, 0.3) is 22.2 Å². The molecule has 0 N–H and O–H groups in total. The molecule has 0 atom stereocenters. The van der Waals surface area contributed by atoms with Crippen LogP contribution in [-0.2, 0) is 5.75 Å². The van der Waals surface area contributed by atoms with Gasteiger partial charge in [-0.15, -0.1) is 0 Å². The molecule has 6 rings (SSSR count). The quantitative estimate of drug-likeness (QED) is 0.302. The molecule has 1 aliphatic rings. The van der Waals surface area contributed by atoms with Crippen molar-refractivity contribution in [3.8, 4) is 17.2 Å². The van der Waals surface area contributed by atoms with Crippen molar-refractivity contribution in [2.45, 2.75) is 10.9 Å². The number of hydrogen-bond donors (Lipinski definition) is 0. The zero-order chi connectivity index (χ0) is 22.4. The predicted octanol–water partition coefficient (Wildman–Crippen LogP) is 3.41. The Morgan fingerprint density at radius 3 is 2.70 bits per heavy atom. The highest BCUT2D eigenvalue weighted by molar-refractivity contribution is 7.98. The lowest BCUT2D eigenvalue weighted by atomic mass is 10.2. The highest BCUT2D eigenvalue weighted by atomic mass is 32.2. The average Bonchev–Trinajstić information content (AvgIpc) is 3.31. The Hall–Kier alpha value is -4.11. The molecule has 3 aromatic heterocycles. The molecule has 0 saturated heterocycles. The van der Waals surface area contributed by atoms with Crippen molar-refractivity contribution < 1.29 is 9.47 Å². The van der Waals surface area contributed by atoms with Gasteiger partial charge in [0.25, 0.3) is 11.1 Å². The molecule has 2 aromatic carbocycles. The van der Waals surface area contributed by atoms with E-state index >= 15 is 0 Å². The van der Waals surface area contributed by atoms with Gasteiger partial charge in [-0.2, -0.15) is 0 Å². The van der Waals surface area contributed by atoms with Gasteiger partial charge < -0.3 is 9.47 Å². The predicted molar refractivity (Wildman–Crippen MR) is 124 cm³/mol. The van der Waals surface area contributed by atoms with Crippen LogP contribution in [-0.4, -0.2) is 25.7 Å². The minimum atomic E-state index is -0.187. The van der Waals surface area contributed by atoms with Gasteiger partial charge in [0, 0.05) is 24.1 Å². The van der Waals surface area contributed by atoms with Crippen LogP contribution in [0.2, 0.25) is 0 Å². The van der Waals surface area contributed by atoms with Gasteiger partial charge in [-0.3, -0.25) is 18.6 Å². The maximum Gasteiger partial charge on any atom is 0.266 e. The lowest BCUT2D eigenvalue weighted by Gasteiger charge is -2.13. The van der Waals surface area contributed by atoms with Crippen LogP contribution < -0.4 is 20.6 Å². The zero-order valence-electron chi connectivity index (χ0n) is 17.2. The summed E-state index contributed by atoms with van der Waals surface area (Å²) < 4.78 is 14.0. The van der Waals surface area contributed by atoms with E-state index in [2.05, 4.69) is 4.98 Å². The monoisotopic (exact) mass is 456 g/mol. The Kier molecular flexibility index (Phi) is 4.62. The minimum absolute atomic E-state index is 0.147. The van der Waals surface area contributed by atoms with Gasteiger partial charge in [0.2, 0.25) is 6.79 Å². The Bertz CT molecular complexity index is 1660. The van der Waals surface area contributed by atoms with Gasteiger partial charge in [-0.05, 0) is 36.4 Å². The van der Waals surface area contributed by atoms with Crippen molar-refractivity contribution in [2.24, 2.45) is 0 Å². The Labute approximate surface area is 191 Å². The van der Waals surface area contributed by atoms with E-state index < -0.39 is 0 Å². The third-order valence-electron chi connectivity index (χ3n) is 5.33. The van der Waals surface area contributed by atoms with Crippen molar-refractivity contribution in [1.82, 2.24) is 18.9 Å². The molecule has 162 valence electrons. The molecule has 0 fully saturated rings. The molecular formula is C24H16N4O4S. The number of thioether (sulfide) groups is 1. The van der Waals surface area contributed by atoms with E-state index in [1.54, 1.807) is 47.2 Å². The largest absolute Gasteiger partial charge is 0.454 e. The number of fused-ring (bicyclic) bond motifs is 3. The summed E-state index contributed by atoms with van der Waals surface area (Å²) in [7, 11) is 0. The second kappa shape index (κ2) is 7.79. The molecular weight excluding hydrogens is 440 g/mol. The standard InChI is InChI=1S/C24H16N4O4S/c29-22-11-15(25-21-7-3-4-10-27(21)22)13-33-24-26-18-6-2-1-5-17(18)23(30)28(24)16-8-9-19-20(12-16)32-14-31-19/h1-12H,13-14H2. The molecule has 33 heavy (non-hydrogen) atoms. The van der Waals surface area contributed by atoms with E-state index in [1.807, 2.05) is 24.3 Å². The summed E-state index contributed by atoms with van der Waals surface area (Å²) in [6.07, 6.45) is 1.68. The van der Waals surface area contributed by atoms with E-state index in [0.29, 0.717) is 50.3 Å². The van der Waals surface area contributed by atoms with Crippen molar-refractivity contribution in [3.63, 3.8) is 0 Å². The van der Waals surface area contributed by atoms with Gasteiger partial charge >= 0.3 is 0 Å². The Morgan fingerprint density at radius 1 is 0.909 bits per heavy atom. The summed E-state index contributed by atoms with van der Waals surface area (Å²) in [6, 6.07) is 19.5. The normalized spacial score (nSPS) is 12.5. The molecule has 0 aliphatic carbocycles. The first-order chi connectivity index (χ1) is 16.2. The number of rotatable bonds is 4. The van der Waals surface area contributed by atoms with Crippen molar-refractivity contribution in [1.29, 1.82) is 0 Å². The second-order valence-electron chi connectivity index (χ2n) is 7.39. The smallest absolute Gasteiger partial charge is 0.266 e. The molecule has 4 heterocycles. The molecule has 0 saturated carbocycles. The van der Waals surface area contributed by atoms with Gasteiger partial charge in [0.05, 0.1) is 22.3 Å². The first kappa shape index (κ1) is 19.6. The van der Waals surface area contributed by atoms with Gasteiger partial charge in [-0.1, -0.05) is 30.0 Å². The van der Waals surface area contributed by atoms with Crippen LogP contribution in [0, 0.1) is 0 Å². The van der Waals surface area contributed by atoms with Crippen LogP contribution in [0.1, 0.15) is 5.69 Å². The fourth-order valence-corrected chi connectivity index (χ4v) is 4.68. The van der Waals surface area contributed by atoms with Crippen LogP contribution in [0.3, 0.4) is 0 Å². The number of hydrogen-bond acceptors (Lipinski definition) is 7. The molecule has 1 aliphatic heterocycles. The first-order valence-corrected chi connectivity index (χ1v) is 11.2. The maximum atomic E-state index is 13.5. The van der Waals surface area contributed by atoms with E-state index in [-0.39, 0.29) is 17.9 Å². The van der Waals surface area contributed by atoms with E-state index in [4.69, 9.17) is 14.5 Å². The highest BCUT2D eigenvalue weighted by Gasteiger charge is 2.18. The van der Waals surface area contributed by atoms with Crippen LogP contribution in [0.15, 0.2) is 87.7 Å². The van der Waals surface area contributed by atoms with Gasteiger partial charge in [0.15, 0.2) is 16.7 Å². The fourth-order valence-electron chi connectivity index (χ4n) is 3.78. The summed E-state index contributed by atoms with van der Waals surface area (Å²) in [6.45, 7) is 0.147. The number of aromatic nitrogens is 4. The topological polar surface area (TPSA) is 87.7 Å². The van der Waals surface area contributed by atoms with Crippen LogP contribution in [0.5, 0.6) is 11.5 Å². The number of para-hydroxylation sites is 1. The molecule has 5 aromatic rings. The fraction of sp³-hybridized carbons (Fsp3) is 0.0833. The Balaban J connectivity index is 1.46. The maximum absolute atomic E-state index is 13.5. The SMILES string of the molecule is O=c1c2ccccc2nc(SCc2cc(=O)n3ccccc3n2)n1-c1ccc2c(c1)OCO2. The summed E-state index contributed by atoms with van der Waals surface area (Å²) >= 11 is 1.34. The van der Waals surface area contributed by atoms with E-state index in [0.717, 1.165) is 0 Å². The second-order valence-corrected chi connectivity index (χ2v) is 8.34. The van der Waals surface area contributed by atoms with Gasteiger partial charge in [-0.25, -0.2) is 9.97 Å². The molecule has 0 bridgehead atoms. The molecule has 0 unspecified atom stereocenters. The molecule has 0 amide bonds. The number of benzene rings is 2. The van der Waals surface area contributed by atoms with Gasteiger partial charge in [0.1, 0.15) is 5.65 Å². The third-order valence-corrected chi connectivity index (χ3v) is 6.30. The van der Waals surface area contributed by atoms with Crippen LogP contribution >= 0.6 is 11.8 Å². The summed E-state index contributed by atoms with van der Waals surface area (Å²) in [5.41, 5.74) is 2.06. The number of ether oxygens (including phenoxy) is 2. The van der Waals surface area contributed by atoms with Crippen molar-refractivity contribution in [2.75, 3.05) is 6.79 Å². The van der Waals surface area contributed by atoms with Crippen molar-refractivity contribution >= 4 is 28.3 Å². The average molecular weight is 456 g/mol. The van der Waals surface area contributed by atoms with Crippen LogP contribution in [0.4, 0.5) is 0 Å². The van der Waals surface area contributed by atoms with Crippen molar-refractivity contribution in [3.05, 3.63) is 99.3 Å². The number of pyridine rings is 1. The first-order valence-electron chi connectivity index (χ1n) is 10.2. The molecule has 8 nitrogen and oxygen atoms in total. The molecule has 0 radical (unpaired) electrons. The minimum Gasteiger partial charge on any atom is -0.454 e. The lowest BCUT2D eigenvalue weighted by Crippen LogP contribution is -2.22. The number of nitrogens with zero attached hydrogens (tertiary/aromatic N) is 4. The highest BCUT2D eigenvalue weighted by Crippen LogP contribution is 2.34. The molecule has 0 spiro atoms. The molecule has 9 heteroatoms. The Morgan fingerprint density at radius 2 is 1.76 bits per heavy atom. The lowest BCUT2D eigenvalue weighted by molar-refractivity contribution is 0.174. The summed E-state index contributed by atoms with van der Waals surface area (Å²) in [5.74, 6) is 1.58. The third kappa shape index (κ3) is 3.42. The summed E-state index contributed by atoms with van der Waals surface area (Å²) in [4.78, 5) is 35.2.